The maximum absolute atomic E-state index is 12.7. The lowest BCUT2D eigenvalue weighted by atomic mass is 10.0. The van der Waals surface area contributed by atoms with Crippen molar-refractivity contribution in [3.63, 3.8) is 0 Å². The van der Waals surface area contributed by atoms with E-state index in [0.29, 0.717) is 39.3 Å². The SMILES string of the molecule is CC(C)[C@@H](C(=O)O)N(C)CCN1CCN(C(=O)OC(C)(C)C)CC1.CC(C)[C@@H](C(=O)OCc1ccccc1)N(C)CCN1CCN(C(=O)OC(C)(C)C)CC1.CO. The minimum absolute atomic E-state index is 0.0662. The van der Waals surface area contributed by atoms with Gasteiger partial charge in [-0.25, -0.2) is 9.59 Å². The summed E-state index contributed by atoms with van der Waals surface area (Å²) in [6, 6.07) is 9.00. The number of hydrogen-bond donors (Lipinski definition) is 2. The van der Waals surface area contributed by atoms with Crippen molar-refractivity contribution in [2.75, 3.05) is 99.7 Å². The lowest BCUT2D eigenvalue weighted by Gasteiger charge is -2.37. The van der Waals surface area contributed by atoms with Crippen LogP contribution in [0.15, 0.2) is 30.3 Å². The van der Waals surface area contributed by atoms with Gasteiger partial charge in [0, 0.05) is 85.6 Å². The quantitative estimate of drug-likeness (QED) is 0.201. The van der Waals surface area contributed by atoms with Crippen LogP contribution in [0.4, 0.5) is 9.59 Å². The Morgan fingerprint density at radius 3 is 1.35 bits per heavy atom. The fourth-order valence-corrected chi connectivity index (χ4v) is 6.60. The molecule has 57 heavy (non-hydrogen) atoms. The number of carboxylic acid groups (broad SMARTS) is 1. The molecule has 2 fully saturated rings. The molecule has 0 aliphatic carbocycles. The zero-order valence-electron chi connectivity index (χ0n) is 37.3. The van der Waals surface area contributed by atoms with Gasteiger partial charge in [0.05, 0.1) is 0 Å². The van der Waals surface area contributed by atoms with Gasteiger partial charge in [-0.1, -0.05) is 58.0 Å². The summed E-state index contributed by atoms with van der Waals surface area (Å²) in [6.45, 7) is 28.4. The number of aliphatic carboxylic acids is 1. The molecule has 2 N–H and O–H groups in total. The van der Waals surface area contributed by atoms with Crippen molar-refractivity contribution in [3.8, 4) is 0 Å². The van der Waals surface area contributed by atoms with Crippen LogP contribution in [-0.4, -0.2) is 187 Å². The number of hydrogen-bond acceptors (Lipinski definition) is 12. The fourth-order valence-electron chi connectivity index (χ4n) is 6.60. The lowest BCUT2D eigenvalue weighted by Crippen LogP contribution is -2.52. The Balaban J connectivity index is 0.000000563. The number of benzene rings is 1. The Morgan fingerprint density at radius 1 is 0.649 bits per heavy atom. The highest BCUT2D eigenvalue weighted by molar-refractivity contribution is 5.76. The molecule has 1 aromatic carbocycles. The highest BCUT2D eigenvalue weighted by Crippen LogP contribution is 2.16. The number of piperazine rings is 2. The summed E-state index contributed by atoms with van der Waals surface area (Å²) in [5.74, 6) is -0.743. The summed E-state index contributed by atoms with van der Waals surface area (Å²) in [5, 5.41) is 16.3. The number of aliphatic hydroxyl groups excluding tert-OH is 1. The van der Waals surface area contributed by atoms with E-state index in [0.717, 1.165) is 58.5 Å². The van der Waals surface area contributed by atoms with Gasteiger partial charge >= 0.3 is 24.1 Å². The van der Waals surface area contributed by atoms with Gasteiger partial charge in [0.1, 0.15) is 29.9 Å². The molecule has 0 spiro atoms. The predicted molar refractivity (Wildman–Crippen MR) is 223 cm³/mol. The average Bonchev–Trinajstić information content (AvgIpc) is 3.12. The van der Waals surface area contributed by atoms with Crippen LogP contribution >= 0.6 is 0 Å². The predicted octanol–water partition coefficient (Wildman–Crippen LogP) is 4.43. The molecule has 15 nitrogen and oxygen atoms in total. The lowest BCUT2D eigenvalue weighted by molar-refractivity contribution is -0.152. The normalized spacial score (nSPS) is 16.7. The van der Waals surface area contributed by atoms with E-state index in [2.05, 4.69) is 14.7 Å². The van der Waals surface area contributed by atoms with Gasteiger partial charge in [0.25, 0.3) is 0 Å². The van der Waals surface area contributed by atoms with Crippen molar-refractivity contribution in [1.82, 2.24) is 29.4 Å². The van der Waals surface area contributed by atoms with Crippen LogP contribution in [0.5, 0.6) is 0 Å². The van der Waals surface area contributed by atoms with Gasteiger partial charge < -0.3 is 34.2 Å². The van der Waals surface area contributed by atoms with Crippen molar-refractivity contribution in [1.29, 1.82) is 0 Å². The Bertz CT molecular complexity index is 1320. The van der Waals surface area contributed by atoms with Crippen molar-refractivity contribution in [2.45, 2.75) is 99.1 Å². The third-order valence-electron chi connectivity index (χ3n) is 9.52. The summed E-state index contributed by atoms with van der Waals surface area (Å²) >= 11 is 0. The van der Waals surface area contributed by atoms with Crippen LogP contribution in [0.3, 0.4) is 0 Å². The molecule has 1 aromatic rings. The van der Waals surface area contributed by atoms with E-state index in [1.165, 1.54) is 0 Å². The van der Waals surface area contributed by atoms with E-state index in [9.17, 15) is 24.3 Å². The molecule has 2 atom stereocenters. The topological polar surface area (TPSA) is 156 Å². The molecule has 0 radical (unpaired) electrons. The van der Waals surface area contributed by atoms with Crippen molar-refractivity contribution >= 4 is 24.1 Å². The van der Waals surface area contributed by atoms with Gasteiger partial charge in [-0.2, -0.15) is 0 Å². The van der Waals surface area contributed by atoms with E-state index >= 15 is 0 Å². The zero-order valence-corrected chi connectivity index (χ0v) is 37.3. The third-order valence-corrected chi connectivity index (χ3v) is 9.52. The van der Waals surface area contributed by atoms with Gasteiger partial charge in [-0.3, -0.25) is 29.2 Å². The number of carbonyl (C=O) groups is 4. The van der Waals surface area contributed by atoms with Crippen molar-refractivity contribution in [3.05, 3.63) is 35.9 Å². The van der Waals surface area contributed by atoms with E-state index in [4.69, 9.17) is 19.3 Å². The highest BCUT2D eigenvalue weighted by atomic mass is 16.6. The van der Waals surface area contributed by atoms with E-state index in [1.807, 2.05) is 119 Å². The van der Waals surface area contributed by atoms with Crippen molar-refractivity contribution < 1.29 is 43.6 Å². The number of nitrogens with zero attached hydrogens (tertiary/aromatic N) is 6. The first kappa shape index (κ1) is 51.5. The van der Waals surface area contributed by atoms with Gasteiger partial charge in [0.15, 0.2) is 0 Å². The molecule has 2 heterocycles. The smallest absolute Gasteiger partial charge is 0.410 e. The van der Waals surface area contributed by atoms with E-state index in [-0.39, 0.29) is 36.0 Å². The fraction of sp³-hybridized carbons (Fsp3) is 0.762. The summed E-state index contributed by atoms with van der Waals surface area (Å²) in [4.78, 5) is 60.4. The molecule has 2 aliphatic heterocycles. The molecule has 3 rings (SSSR count). The number of ether oxygens (including phenoxy) is 3. The maximum atomic E-state index is 12.7. The Labute approximate surface area is 343 Å². The largest absolute Gasteiger partial charge is 0.480 e. The molecule has 0 bridgehead atoms. The summed E-state index contributed by atoms with van der Waals surface area (Å²) in [7, 11) is 4.83. The van der Waals surface area contributed by atoms with Crippen molar-refractivity contribution in [2.24, 2.45) is 11.8 Å². The first-order valence-corrected chi connectivity index (χ1v) is 20.3. The zero-order chi connectivity index (χ0) is 43.5. The molecule has 0 aromatic heterocycles. The van der Waals surface area contributed by atoms with Crippen LogP contribution < -0.4 is 0 Å². The first-order chi connectivity index (χ1) is 26.6. The monoisotopic (exact) mass is 809 g/mol. The van der Waals surface area contributed by atoms with E-state index < -0.39 is 23.2 Å². The maximum Gasteiger partial charge on any atom is 0.410 e. The van der Waals surface area contributed by atoms with Gasteiger partial charge in [-0.15, -0.1) is 0 Å². The number of likely N-dealkylation sites (N-methyl/N-ethyl adjacent to an activating group) is 2. The summed E-state index contributed by atoms with van der Waals surface area (Å²) in [6.07, 6.45) is -0.504. The summed E-state index contributed by atoms with van der Waals surface area (Å²) in [5.41, 5.74) is 0.0428. The highest BCUT2D eigenvalue weighted by Gasteiger charge is 2.31. The molecule has 0 unspecified atom stereocenters. The minimum Gasteiger partial charge on any atom is -0.480 e. The molecule has 0 saturated carbocycles. The molecular weight excluding hydrogens is 732 g/mol. The number of aliphatic hydroxyl groups is 1. The standard InChI is InChI=1S/C24H39N3O4.C17H33N3O4.CH4O/c1-19(2)21(22(28)30-18-20-10-8-7-9-11-20)25(6)12-13-26-14-16-27(17-15-26)23(29)31-24(3,4)5;1-13(2)14(15(21)22)18(6)7-8-19-9-11-20(12-10-19)16(23)24-17(3,4)5;1-2/h7-11,19,21H,12-18H2,1-6H3;13-14H,7-12H2,1-6H3,(H,21,22);2H,1H3/t21-;14-;/m00./s1. The number of rotatable bonds is 14. The minimum atomic E-state index is -0.776. The third kappa shape index (κ3) is 20.2. The molecule has 2 saturated heterocycles. The second-order valence-corrected chi connectivity index (χ2v) is 17.4. The van der Waals surface area contributed by atoms with Gasteiger partial charge in [0.2, 0.25) is 0 Å². The Kier molecular flexibility index (Phi) is 22.7. The van der Waals surface area contributed by atoms with Crippen LogP contribution in [0, 0.1) is 11.8 Å². The molecular formula is C42H76N6O9. The Hall–Kier alpha value is -3.50. The number of esters is 1. The molecule has 2 amide bonds. The van der Waals surface area contributed by atoms with Crippen LogP contribution in [0.25, 0.3) is 0 Å². The molecule has 328 valence electrons. The second-order valence-electron chi connectivity index (χ2n) is 17.4. The summed E-state index contributed by atoms with van der Waals surface area (Å²) < 4.78 is 16.4. The van der Waals surface area contributed by atoms with Crippen LogP contribution in [0.1, 0.15) is 74.8 Å². The van der Waals surface area contributed by atoms with Gasteiger partial charge in [-0.05, 0) is 73.0 Å². The number of carbonyl (C=O) groups excluding carboxylic acids is 3. The molecule has 2 aliphatic rings. The average molecular weight is 809 g/mol. The first-order valence-electron chi connectivity index (χ1n) is 20.3. The Morgan fingerprint density at radius 2 is 1.02 bits per heavy atom. The number of amides is 2. The van der Waals surface area contributed by atoms with Crippen LogP contribution in [-0.2, 0) is 30.4 Å². The molecule has 15 heteroatoms. The second kappa shape index (κ2) is 25.1. The number of carboxylic acids is 1. The van der Waals surface area contributed by atoms with Crippen LogP contribution in [0.2, 0.25) is 0 Å². The van der Waals surface area contributed by atoms with E-state index in [1.54, 1.807) is 9.80 Å².